The summed E-state index contributed by atoms with van der Waals surface area (Å²) in [5, 5.41) is 8.54. The van der Waals surface area contributed by atoms with E-state index in [0.29, 0.717) is 17.9 Å². The van der Waals surface area contributed by atoms with E-state index in [1.165, 1.54) is 12.8 Å². The SMILES string of the molecule is CCCCCCOc1ccc(C(=O)CC(=O)O)cc1. The van der Waals surface area contributed by atoms with Gasteiger partial charge in [0.2, 0.25) is 0 Å². The molecule has 0 aliphatic heterocycles. The molecule has 4 heteroatoms. The van der Waals surface area contributed by atoms with Gasteiger partial charge in [-0.05, 0) is 30.7 Å². The number of carboxylic acid groups (broad SMARTS) is 1. The molecule has 0 radical (unpaired) electrons. The van der Waals surface area contributed by atoms with Crippen molar-refractivity contribution in [2.45, 2.75) is 39.0 Å². The molecule has 1 N–H and O–H groups in total. The van der Waals surface area contributed by atoms with Crippen LogP contribution in [-0.2, 0) is 4.79 Å². The Kier molecular flexibility index (Phi) is 6.64. The summed E-state index contributed by atoms with van der Waals surface area (Å²) in [7, 11) is 0. The van der Waals surface area contributed by atoms with Gasteiger partial charge in [0.25, 0.3) is 0 Å². The second kappa shape index (κ2) is 8.29. The van der Waals surface area contributed by atoms with Crippen LogP contribution in [0.15, 0.2) is 24.3 Å². The third-order valence-electron chi connectivity index (χ3n) is 2.75. The number of hydrogen-bond acceptors (Lipinski definition) is 3. The third kappa shape index (κ3) is 6.04. The molecule has 1 aromatic rings. The van der Waals surface area contributed by atoms with Crippen molar-refractivity contribution in [2.75, 3.05) is 6.61 Å². The Hall–Kier alpha value is -1.84. The maximum absolute atomic E-state index is 11.5. The van der Waals surface area contributed by atoms with Gasteiger partial charge < -0.3 is 9.84 Å². The summed E-state index contributed by atoms with van der Waals surface area (Å²) in [5.74, 6) is -0.786. The Labute approximate surface area is 113 Å². The first-order valence-corrected chi connectivity index (χ1v) is 6.61. The highest BCUT2D eigenvalue weighted by molar-refractivity contribution is 6.05. The third-order valence-corrected chi connectivity index (χ3v) is 2.75. The van der Waals surface area contributed by atoms with Gasteiger partial charge in [0.15, 0.2) is 5.78 Å². The molecule has 19 heavy (non-hydrogen) atoms. The number of benzene rings is 1. The van der Waals surface area contributed by atoms with Gasteiger partial charge in [0.05, 0.1) is 6.61 Å². The Morgan fingerprint density at radius 1 is 1.11 bits per heavy atom. The number of Topliss-reactive ketones (excluding diaryl/α,β-unsaturated/α-hetero) is 1. The maximum Gasteiger partial charge on any atom is 0.311 e. The van der Waals surface area contributed by atoms with Crippen molar-refractivity contribution < 1.29 is 19.4 Å². The summed E-state index contributed by atoms with van der Waals surface area (Å²) in [6, 6.07) is 6.61. The van der Waals surface area contributed by atoms with E-state index < -0.39 is 12.4 Å². The topological polar surface area (TPSA) is 63.6 Å². The molecule has 0 saturated heterocycles. The number of aliphatic carboxylic acids is 1. The van der Waals surface area contributed by atoms with Crippen LogP contribution in [0.4, 0.5) is 0 Å². The molecule has 1 rings (SSSR count). The lowest BCUT2D eigenvalue weighted by molar-refractivity contribution is -0.135. The Bertz CT molecular complexity index is 409. The Morgan fingerprint density at radius 2 is 1.79 bits per heavy atom. The summed E-state index contributed by atoms with van der Waals surface area (Å²) >= 11 is 0. The Balaban J connectivity index is 2.39. The van der Waals surface area contributed by atoms with E-state index >= 15 is 0 Å². The smallest absolute Gasteiger partial charge is 0.311 e. The molecular formula is C15H20O4. The monoisotopic (exact) mass is 264 g/mol. The van der Waals surface area contributed by atoms with Crippen molar-refractivity contribution in [3.63, 3.8) is 0 Å². The van der Waals surface area contributed by atoms with Crippen molar-refractivity contribution in [3.8, 4) is 5.75 Å². The predicted molar refractivity (Wildman–Crippen MR) is 72.7 cm³/mol. The van der Waals surface area contributed by atoms with Gasteiger partial charge in [-0.1, -0.05) is 26.2 Å². The van der Waals surface area contributed by atoms with E-state index in [-0.39, 0.29) is 5.78 Å². The van der Waals surface area contributed by atoms with Gasteiger partial charge in [0.1, 0.15) is 12.2 Å². The van der Waals surface area contributed by atoms with Crippen LogP contribution in [0.5, 0.6) is 5.75 Å². The average molecular weight is 264 g/mol. The quantitative estimate of drug-likeness (QED) is 0.422. The summed E-state index contributed by atoms with van der Waals surface area (Å²) < 4.78 is 5.54. The van der Waals surface area contributed by atoms with E-state index in [9.17, 15) is 9.59 Å². The average Bonchev–Trinajstić information content (AvgIpc) is 2.38. The van der Waals surface area contributed by atoms with Crippen molar-refractivity contribution in [3.05, 3.63) is 29.8 Å². The number of ether oxygens (including phenoxy) is 1. The number of unbranched alkanes of at least 4 members (excludes halogenated alkanes) is 3. The summed E-state index contributed by atoms with van der Waals surface area (Å²) in [6.07, 6.45) is 4.11. The molecule has 0 aliphatic carbocycles. The number of carbonyl (C=O) groups excluding carboxylic acids is 1. The van der Waals surface area contributed by atoms with E-state index in [0.717, 1.165) is 12.8 Å². The highest BCUT2D eigenvalue weighted by Gasteiger charge is 2.10. The fourth-order valence-electron chi connectivity index (χ4n) is 1.70. The lowest BCUT2D eigenvalue weighted by Crippen LogP contribution is -2.06. The molecule has 0 aliphatic rings. The molecular weight excluding hydrogens is 244 g/mol. The van der Waals surface area contributed by atoms with Gasteiger partial charge in [0, 0.05) is 5.56 Å². The maximum atomic E-state index is 11.5. The molecule has 0 spiro atoms. The molecule has 0 bridgehead atoms. The normalized spacial score (nSPS) is 10.2. The zero-order valence-electron chi connectivity index (χ0n) is 11.2. The van der Waals surface area contributed by atoms with Crippen LogP contribution in [0, 0.1) is 0 Å². The first kappa shape index (κ1) is 15.2. The fraction of sp³-hybridized carbons (Fsp3) is 0.467. The largest absolute Gasteiger partial charge is 0.494 e. The van der Waals surface area contributed by atoms with Gasteiger partial charge >= 0.3 is 5.97 Å². The number of hydrogen-bond donors (Lipinski definition) is 1. The summed E-state index contributed by atoms with van der Waals surface area (Å²) in [6.45, 7) is 2.83. The van der Waals surface area contributed by atoms with Gasteiger partial charge in [-0.25, -0.2) is 0 Å². The van der Waals surface area contributed by atoms with Crippen molar-refractivity contribution >= 4 is 11.8 Å². The van der Waals surface area contributed by atoms with Gasteiger partial charge in [-0.15, -0.1) is 0 Å². The molecule has 0 atom stereocenters. The lowest BCUT2D eigenvalue weighted by Gasteiger charge is -2.06. The second-order valence-electron chi connectivity index (χ2n) is 4.43. The van der Waals surface area contributed by atoms with Crippen LogP contribution < -0.4 is 4.74 Å². The number of rotatable bonds is 9. The van der Waals surface area contributed by atoms with Crippen LogP contribution in [0.3, 0.4) is 0 Å². The fourth-order valence-corrected chi connectivity index (χ4v) is 1.70. The van der Waals surface area contributed by atoms with Gasteiger partial charge in [-0.2, -0.15) is 0 Å². The molecule has 0 amide bonds. The minimum absolute atomic E-state index is 0.387. The summed E-state index contributed by atoms with van der Waals surface area (Å²) in [5.41, 5.74) is 0.403. The summed E-state index contributed by atoms with van der Waals surface area (Å²) in [4.78, 5) is 21.9. The second-order valence-corrected chi connectivity index (χ2v) is 4.43. The van der Waals surface area contributed by atoms with Crippen LogP contribution in [0.2, 0.25) is 0 Å². The molecule has 0 saturated carbocycles. The lowest BCUT2D eigenvalue weighted by atomic mass is 10.1. The molecule has 1 aromatic carbocycles. The molecule has 0 heterocycles. The van der Waals surface area contributed by atoms with E-state index in [2.05, 4.69) is 6.92 Å². The van der Waals surface area contributed by atoms with Crippen LogP contribution in [0.1, 0.15) is 49.4 Å². The van der Waals surface area contributed by atoms with Crippen LogP contribution >= 0.6 is 0 Å². The van der Waals surface area contributed by atoms with Crippen LogP contribution in [0.25, 0.3) is 0 Å². The van der Waals surface area contributed by atoms with E-state index in [1.807, 2.05) is 0 Å². The van der Waals surface area contributed by atoms with Crippen molar-refractivity contribution in [1.82, 2.24) is 0 Å². The van der Waals surface area contributed by atoms with E-state index in [4.69, 9.17) is 9.84 Å². The molecule has 104 valence electrons. The highest BCUT2D eigenvalue weighted by atomic mass is 16.5. The van der Waals surface area contributed by atoms with E-state index in [1.54, 1.807) is 24.3 Å². The molecule has 0 fully saturated rings. The number of ketones is 1. The predicted octanol–water partition coefficient (Wildman–Crippen LogP) is 3.30. The number of carboxylic acids is 1. The minimum Gasteiger partial charge on any atom is -0.494 e. The zero-order valence-corrected chi connectivity index (χ0v) is 11.2. The van der Waals surface area contributed by atoms with Crippen molar-refractivity contribution in [2.24, 2.45) is 0 Å². The first-order valence-electron chi connectivity index (χ1n) is 6.61. The molecule has 0 aromatic heterocycles. The zero-order chi connectivity index (χ0) is 14.1. The highest BCUT2D eigenvalue weighted by Crippen LogP contribution is 2.14. The van der Waals surface area contributed by atoms with Crippen molar-refractivity contribution in [1.29, 1.82) is 0 Å². The number of carbonyl (C=O) groups is 2. The molecule has 4 nitrogen and oxygen atoms in total. The standard InChI is InChI=1S/C15H20O4/c1-2-3-4-5-10-19-13-8-6-12(7-9-13)14(16)11-15(17)18/h6-9H,2-5,10-11H2,1H3,(H,17,18). The van der Waals surface area contributed by atoms with Gasteiger partial charge in [-0.3, -0.25) is 9.59 Å². The Morgan fingerprint density at radius 3 is 2.37 bits per heavy atom. The molecule has 0 unspecified atom stereocenters. The minimum atomic E-state index is -1.11. The van der Waals surface area contributed by atoms with Crippen LogP contribution in [-0.4, -0.2) is 23.5 Å². The first-order chi connectivity index (χ1) is 9.13.